The molecule has 4 aromatic rings. The number of fused-ring (bicyclic) bond motifs is 3. The van der Waals surface area contributed by atoms with Gasteiger partial charge in [-0.1, -0.05) is 0 Å². The second-order valence-corrected chi connectivity index (χ2v) is 12.5. The summed E-state index contributed by atoms with van der Waals surface area (Å²) >= 11 is 0. The normalized spacial score (nSPS) is 13.0. The van der Waals surface area contributed by atoms with Gasteiger partial charge in [0.15, 0.2) is 10.9 Å². The minimum absolute atomic E-state index is 0.0159. The molecule has 0 spiro atoms. The first-order chi connectivity index (χ1) is 20.1. The quantitative estimate of drug-likeness (QED) is 0.0719. The zero-order valence-corrected chi connectivity index (χ0v) is 23.0. The molecule has 0 heterocycles. The Morgan fingerprint density at radius 3 is 1.84 bits per heavy atom. The lowest BCUT2D eigenvalue weighted by Gasteiger charge is -2.14. The molecule has 15 heteroatoms. The van der Waals surface area contributed by atoms with Gasteiger partial charge in [-0.15, -0.1) is 0 Å². The molecule has 0 saturated heterocycles. The molecule has 13 nitrogen and oxygen atoms in total. The highest BCUT2D eigenvalue weighted by atomic mass is 32.2. The Bertz CT molecular complexity index is 2770. The number of benzene rings is 4. The summed E-state index contributed by atoms with van der Waals surface area (Å²) in [6.45, 7) is 0. The fourth-order valence-electron chi connectivity index (χ4n) is 5.17. The van der Waals surface area contributed by atoms with Crippen molar-refractivity contribution in [3.8, 4) is 11.5 Å². The number of hydrogen-bond donors (Lipinski definition) is 6. The molecule has 0 fully saturated rings. The van der Waals surface area contributed by atoms with Crippen LogP contribution in [-0.4, -0.2) is 36.2 Å². The maximum absolute atomic E-state index is 13.6. The van der Waals surface area contributed by atoms with Crippen LogP contribution in [0, 0.1) is 15.8 Å². The smallest absolute Gasteiger partial charge is 0.294 e. The van der Waals surface area contributed by atoms with E-state index < -0.39 is 52.4 Å². The number of hydrogen-bond acceptors (Lipinski definition) is 11. The molecule has 7 N–H and O–H groups in total. The van der Waals surface area contributed by atoms with Crippen LogP contribution >= 0.6 is 0 Å². The Kier molecular flexibility index (Phi) is 5.94. The molecule has 0 unspecified atom stereocenters. The van der Waals surface area contributed by atoms with Crippen molar-refractivity contribution in [1.29, 1.82) is 5.41 Å². The third-order valence-corrected chi connectivity index (χ3v) is 8.84. The first-order valence-corrected chi connectivity index (χ1v) is 15.0. The number of anilines is 1. The lowest BCUT2D eigenvalue weighted by molar-refractivity contribution is 0.477. The Hall–Kier alpha value is -5.22. The van der Waals surface area contributed by atoms with Crippen LogP contribution in [0.5, 0.6) is 11.5 Å². The van der Waals surface area contributed by atoms with E-state index in [9.17, 15) is 45.7 Å². The van der Waals surface area contributed by atoms with Crippen LogP contribution in [0.3, 0.4) is 0 Å². The fourth-order valence-corrected chi connectivity index (χ4v) is 6.18. The topological polar surface area (TPSA) is 246 Å². The number of rotatable bonds is 3. The summed E-state index contributed by atoms with van der Waals surface area (Å²) < 4.78 is 65.4. The van der Waals surface area contributed by atoms with Crippen molar-refractivity contribution in [2.24, 2.45) is 4.99 Å². The third kappa shape index (κ3) is 4.21. The van der Waals surface area contributed by atoms with Crippen LogP contribution in [0.15, 0.2) is 85.0 Å². The Balaban J connectivity index is 1.78. The predicted octanol–water partition coefficient (Wildman–Crippen LogP) is 1.67. The van der Waals surface area contributed by atoms with Gasteiger partial charge in [0.1, 0.15) is 11.5 Å². The molecule has 2 aliphatic rings. The summed E-state index contributed by atoms with van der Waals surface area (Å²) in [7, 11) is -9.35. The number of phenolic OH excluding ortho intramolecular Hbond substituents is 2. The van der Waals surface area contributed by atoms with Gasteiger partial charge in [-0.05, 0) is 60.7 Å². The first kappa shape index (κ1) is 27.9. The summed E-state index contributed by atoms with van der Waals surface area (Å²) in [6.07, 6.45) is 0. The van der Waals surface area contributed by atoms with Gasteiger partial charge < -0.3 is 21.4 Å². The predicted molar refractivity (Wildman–Crippen MR) is 154 cm³/mol. The number of nitrogen functional groups attached to an aromatic ring is 1. The van der Waals surface area contributed by atoms with Crippen LogP contribution in [0.4, 0.5) is 11.4 Å². The molecule has 2 aliphatic carbocycles. The highest BCUT2D eigenvalue weighted by molar-refractivity contribution is 7.86. The van der Waals surface area contributed by atoms with Gasteiger partial charge in [-0.2, -0.15) is 16.8 Å². The lowest BCUT2D eigenvalue weighted by Crippen LogP contribution is -2.28. The van der Waals surface area contributed by atoms with E-state index in [0.29, 0.717) is 0 Å². The van der Waals surface area contributed by atoms with Gasteiger partial charge in [0.2, 0.25) is 0 Å². The van der Waals surface area contributed by atoms with Gasteiger partial charge in [0.05, 0.1) is 47.4 Å². The second-order valence-electron chi connectivity index (χ2n) is 9.64. The van der Waals surface area contributed by atoms with Crippen molar-refractivity contribution in [3.05, 3.63) is 102 Å². The average Bonchev–Trinajstić information content (AvgIpc) is 2.94. The molecule has 0 atom stereocenters. The molecule has 4 aromatic carbocycles. The molecule has 0 bridgehead atoms. The Morgan fingerprint density at radius 1 is 0.651 bits per heavy atom. The van der Waals surface area contributed by atoms with Crippen LogP contribution < -0.4 is 27.3 Å². The summed E-state index contributed by atoms with van der Waals surface area (Å²) in [5.41, 5.74) is 4.45. The molecule has 43 heavy (non-hydrogen) atoms. The number of nitrogens with one attached hydrogen (secondary N) is 1. The Labute approximate surface area is 239 Å². The summed E-state index contributed by atoms with van der Waals surface area (Å²) in [5, 5.41) is 28.7. The first-order valence-electron chi connectivity index (χ1n) is 12.1. The van der Waals surface area contributed by atoms with E-state index in [1.54, 1.807) is 0 Å². The van der Waals surface area contributed by atoms with Crippen LogP contribution in [-0.2, 0) is 20.2 Å². The highest BCUT2D eigenvalue weighted by Crippen LogP contribution is 2.47. The SMILES string of the molecule is N=c1ccc(=Nc2ccc(N)c3c(O)c4cc(S(=O)(=O)O)ccc4c(O)c23)c2c(=O)c3ccc(S(=O)(=O)O)cc3c(=O)c1=2. The van der Waals surface area contributed by atoms with E-state index in [2.05, 4.69) is 4.99 Å². The van der Waals surface area contributed by atoms with E-state index in [1.165, 1.54) is 24.3 Å². The molecule has 0 radical (unpaired) electrons. The number of nitrogens with zero attached hydrogens (tertiary/aromatic N) is 1. The molecule has 6 rings (SSSR count). The minimum atomic E-state index is -4.70. The zero-order chi connectivity index (χ0) is 31.2. The van der Waals surface area contributed by atoms with E-state index in [-0.39, 0.29) is 64.8 Å². The molecular weight excluding hydrogens is 602 g/mol. The third-order valence-electron chi connectivity index (χ3n) is 7.14. The summed E-state index contributed by atoms with van der Waals surface area (Å²) in [5.74, 6) is -0.992. The molecular formula is C28H17N3O10S2. The molecule has 0 aromatic heterocycles. The maximum Gasteiger partial charge on any atom is 0.294 e. The maximum atomic E-state index is 13.6. The number of phenols is 2. The van der Waals surface area contributed by atoms with E-state index in [4.69, 9.17) is 11.1 Å². The van der Waals surface area contributed by atoms with Crippen LogP contribution in [0.25, 0.3) is 32.3 Å². The van der Waals surface area contributed by atoms with Crippen molar-refractivity contribution in [2.75, 3.05) is 5.73 Å². The minimum Gasteiger partial charge on any atom is -0.507 e. The highest BCUT2D eigenvalue weighted by Gasteiger charge is 2.21. The average molecular weight is 620 g/mol. The Morgan fingerprint density at radius 2 is 1.21 bits per heavy atom. The van der Waals surface area contributed by atoms with Crippen molar-refractivity contribution in [2.45, 2.75) is 9.79 Å². The monoisotopic (exact) mass is 619 g/mol. The summed E-state index contributed by atoms with van der Waals surface area (Å²) in [4.78, 5) is 30.4. The van der Waals surface area contributed by atoms with Crippen LogP contribution in [0.1, 0.15) is 0 Å². The van der Waals surface area contributed by atoms with Crippen LogP contribution in [0.2, 0.25) is 0 Å². The van der Waals surface area contributed by atoms with Gasteiger partial charge in [0, 0.05) is 27.2 Å². The number of nitrogens with two attached hydrogens (primary N) is 1. The molecule has 216 valence electrons. The van der Waals surface area contributed by atoms with Crippen molar-refractivity contribution in [1.82, 2.24) is 0 Å². The molecule has 0 saturated carbocycles. The van der Waals surface area contributed by atoms with Crippen molar-refractivity contribution in [3.63, 3.8) is 0 Å². The summed E-state index contributed by atoms with van der Waals surface area (Å²) in [6, 6.07) is 11.2. The van der Waals surface area contributed by atoms with E-state index in [1.807, 2.05) is 0 Å². The number of aromatic hydroxyl groups is 2. The van der Waals surface area contributed by atoms with Gasteiger partial charge in [0.25, 0.3) is 20.2 Å². The molecule has 0 amide bonds. The van der Waals surface area contributed by atoms with E-state index in [0.717, 1.165) is 36.4 Å². The van der Waals surface area contributed by atoms with Gasteiger partial charge in [-0.25, -0.2) is 4.99 Å². The standard InChI is InChI=1S/C28H17N3O10S2/c29-17-5-7-19(23-21(17)27(34)15-9-11(42(36,37)38)1-3-13(15)25(23)32)31-20-8-6-18(30)22-24(20)26(33)14-4-2-12(43(39,40)41)10-16(14)28(22)35/h1-10,29,33,35H,30H2,(H,36,37,38)(H,39,40,41). The largest absolute Gasteiger partial charge is 0.507 e. The molecule has 0 aliphatic heterocycles. The van der Waals surface area contributed by atoms with Gasteiger partial charge in [-0.3, -0.25) is 18.7 Å². The van der Waals surface area contributed by atoms with E-state index >= 15 is 0 Å². The zero-order valence-electron chi connectivity index (χ0n) is 21.4. The fraction of sp³-hybridized carbons (Fsp3) is 0. The van der Waals surface area contributed by atoms with Crippen molar-refractivity contribution < 1.29 is 36.2 Å². The second kappa shape index (κ2) is 9.14. The lowest BCUT2D eigenvalue weighted by atomic mass is 9.98. The van der Waals surface area contributed by atoms with Crippen molar-refractivity contribution >= 4 is 63.9 Å². The van der Waals surface area contributed by atoms with Gasteiger partial charge >= 0.3 is 0 Å².